The first kappa shape index (κ1) is 22.8. The van der Waals surface area contributed by atoms with Crippen molar-refractivity contribution in [2.24, 2.45) is 0 Å². The van der Waals surface area contributed by atoms with Crippen LogP contribution < -0.4 is 20.5 Å². The highest BCUT2D eigenvalue weighted by molar-refractivity contribution is 7.13. The molecule has 7 nitrogen and oxygen atoms in total. The molecule has 38 heavy (non-hydrogen) atoms. The number of rotatable bonds is 3. The molecule has 0 spiro atoms. The van der Waals surface area contributed by atoms with Crippen LogP contribution in [0, 0.1) is 12.3 Å². The Morgan fingerprint density at radius 2 is 1.71 bits per heavy atom. The Hall–Kier alpha value is -4.40. The summed E-state index contributed by atoms with van der Waals surface area (Å²) in [5.74, 6) is 1.86. The molecule has 0 fully saturated rings. The van der Waals surface area contributed by atoms with Gasteiger partial charge in [0.1, 0.15) is 21.9 Å². The van der Waals surface area contributed by atoms with E-state index in [4.69, 9.17) is 40.3 Å². The van der Waals surface area contributed by atoms with Gasteiger partial charge in [-0.3, -0.25) is 10.2 Å². The molecule has 4 heterocycles. The number of aryl methyl sites for hydroxylation is 1. The quantitative estimate of drug-likeness (QED) is 0.239. The Morgan fingerprint density at radius 3 is 2.55 bits per heavy atom. The highest BCUT2D eigenvalue weighted by atomic mass is 35.5. The smallest absolute Gasteiger partial charge is 0.231 e. The molecule has 9 heteroatoms. The number of hydrogen-bond acceptors (Lipinski definition) is 8. The van der Waals surface area contributed by atoms with Crippen LogP contribution in [0.25, 0.3) is 54.9 Å². The number of nitrogens with one attached hydrogen (secondary N) is 1. The Kier molecular flexibility index (Phi) is 5.14. The van der Waals surface area contributed by atoms with Gasteiger partial charge in [0.05, 0.1) is 27.6 Å². The summed E-state index contributed by atoms with van der Waals surface area (Å²) in [4.78, 5) is 18.3. The number of halogens is 1. The van der Waals surface area contributed by atoms with Gasteiger partial charge in [0, 0.05) is 16.0 Å². The molecule has 0 atom stereocenters. The van der Waals surface area contributed by atoms with Crippen molar-refractivity contribution in [3.63, 3.8) is 0 Å². The lowest BCUT2D eigenvalue weighted by molar-refractivity contribution is 0.174. The lowest BCUT2D eigenvalue weighted by Crippen LogP contribution is -2.08. The minimum absolute atomic E-state index is 0.0275. The molecule has 6 aromatic rings. The Balaban J connectivity index is 1.37. The summed E-state index contributed by atoms with van der Waals surface area (Å²) in [6, 6.07) is 17.9. The maximum Gasteiger partial charge on any atom is 0.231 e. The van der Waals surface area contributed by atoms with Crippen molar-refractivity contribution in [1.29, 1.82) is 5.41 Å². The van der Waals surface area contributed by atoms with Crippen molar-refractivity contribution < 1.29 is 18.3 Å². The zero-order valence-corrected chi connectivity index (χ0v) is 21.4. The van der Waals surface area contributed by atoms with Crippen molar-refractivity contribution in [2.75, 3.05) is 6.79 Å². The first-order valence-corrected chi connectivity index (χ1v) is 12.9. The van der Waals surface area contributed by atoms with E-state index < -0.39 is 0 Å². The van der Waals surface area contributed by atoms with Crippen LogP contribution >= 0.6 is 22.9 Å². The maximum atomic E-state index is 13.6. The molecule has 186 valence electrons. The van der Waals surface area contributed by atoms with E-state index in [1.165, 1.54) is 11.3 Å². The molecule has 7 rings (SSSR count). The number of fused-ring (bicyclic) bond motifs is 4. The third-order valence-electron chi connectivity index (χ3n) is 6.52. The normalized spacial score (nSPS) is 12.5. The molecule has 3 aromatic carbocycles. The zero-order valence-electron chi connectivity index (χ0n) is 19.8. The van der Waals surface area contributed by atoms with Crippen molar-refractivity contribution in [3.05, 3.63) is 92.6 Å². The highest BCUT2D eigenvalue weighted by Crippen LogP contribution is 2.37. The van der Waals surface area contributed by atoms with Gasteiger partial charge in [0.15, 0.2) is 11.5 Å². The topological polar surface area (TPSA) is 98.6 Å². The van der Waals surface area contributed by atoms with Crippen LogP contribution in [0.4, 0.5) is 0 Å². The van der Waals surface area contributed by atoms with Gasteiger partial charge >= 0.3 is 0 Å². The average molecular weight is 541 g/mol. The second kappa shape index (κ2) is 8.58. The van der Waals surface area contributed by atoms with E-state index >= 15 is 0 Å². The molecule has 0 amide bonds. The second-order valence-electron chi connectivity index (χ2n) is 8.82. The molecule has 0 radical (unpaired) electrons. The van der Waals surface area contributed by atoms with E-state index in [0.717, 1.165) is 16.8 Å². The summed E-state index contributed by atoms with van der Waals surface area (Å²) >= 11 is 7.43. The lowest BCUT2D eigenvalue weighted by Gasteiger charge is -2.09. The molecule has 0 bridgehead atoms. The minimum atomic E-state index is -0.149. The second-order valence-corrected chi connectivity index (χ2v) is 10.1. The third kappa shape index (κ3) is 3.60. The fourth-order valence-corrected chi connectivity index (χ4v) is 5.63. The van der Waals surface area contributed by atoms with Crippen molar-refractivity contribution in [1.82, 2.24) is 4.98 Å². The fourth-order valence-electron chi connectivity index (χ4n) is 4.67. The van der Waals surface area contributed by atoms with Gasteiger partial charge in [0.2, 0.25) is 17.8 Å². The zero-order chi connectivity index (χ0) is 26.0. The van der Waals surface area contributed by atoms with Gasteiger partial charge < -0.3 is 18.3 Å². The van der Waals surface area contributed by atoms with Crippen LogP contribution in [0.15, 0.2) is 79.7 Å². The molecular formula is C29H17ClN2O5S. The van der Waals surface area contributed by atoms with Crippen LogP contribution in [-0.4, -0.2) is 11.8 Å². The SMILES string of the molecule is Cc1oc2c(ccc3oc(=N)c(-c4nc(-c5ccc6c(c5)OCO6)cs4)cc32)c(=O)c1-c1ccc(Cl)cc1. The van der Waals surface area contributed by atoms with Crippen LogP contribution in [0.3, 0.4) is 0 Å². The average Bonchev–Trinajstić information content (AvgIpc) is 3.59. The monoisotopic (exact) mass is 540 g/mol. The van der Waals surface area contributed by atoms with Gasteiger partial charge in [-0.05, 0) is 61.0 Å². The predicted octanol–water partition coefficient (Wildman–Crippen LogP) is 7.17. The molecule has 1 aliphatic rings. The van der Waals surface area contributed by atoms with Gasteiger partial charge in [0.25, 0.3) is 0 Å². The van der Waals surface area contributed by atoms with Crippen LogP contribution in [0.1, 0.15) is 5.76 Å². The molecule has 0 saturated carbocycles. The van der Waals surface area contributed by atoms with Crippen molar-refractivity contribution in [2.45, 2.75) is 6.92 Å². The number of aromatic nitrogens is 1. The standard InChI is InChI=1S/C29H17ClN2O5S/c1-14-25(15-2-5-17(30)6-3-15)26(33)18-7-9-22-19(27(18)36-14)11-20(28(31)37-22)29-32-21(12-38-29)16-4-8-23-24(10-16)35-13-34-23/h2-12,31H,13H2,1H3. The summed E-state index contributed by atoms with van der Waals surface area (Å²) in [5, 5.41) is 12.7. The Morgan fingerprint density at radius 1 is 0.921 bits per heavy atom. The first-order valence-electron chi connectivity index (χ1n) is 11.7. The molecule has 1 aliphatic heterocycles. The number of thiazole rings is 1. The van der Waals surface area contributed by atoms with E-state index in [0.29, 0.717) is 60.4 Å². The first-order chi connectivity index (χ1) is 18.5. The molecular weight excluding hydrogens is 524 g/mol. The van der Waals surface area contributed by atoms with E-state index in [1.54, 1.807) is 49.4 Å². The van der Waals surface area contributed by atoms with Crippen LogP contribution in [0.5, 0.6) is 11.5 Å². The molecule has 0 aliphatic carbocycles. The van der Waals surface area contributed by atoms with E-state index in [9.17, 15) is 4.79 Å². The molecule has 3 aromatic heterocycles. The maximum absolute atomic E-state index is 13.6. The number of nitrogens with zero attached hydrogens (tertiary/aromatic N) is 1. The number of ether oxygens (including phenoxy) is 2. The summed E-state index contributed by atoms with van der Waals surface area (Å²) in [5.41, 5.74) is 4.01. The van der Waals surface area contributed by atoms with E-state index in [2.05, 4.69) is 0 Å². The lowest BCUT2D eigenvalue weighted by atomic mass is 10.0. The Bertz CT molecular complexity index is 2020. The molecule has 0 saturated heterocycles. The highest BCUT2D eigenvalue weighted by Gasteiger charge is 2.19. The summed E-state index contributed by atoms with van der Waals surface area (Å²) in [7, 11) is 0. The van der Waals surface area contributed by atoms with Crippen LogP contribution in [-0.2, 0) is 0 Å². The summed E-state index contributed by atoms with van der Waals surface area (Å²) in [6.45, 7) is 1.96. The fraction of sp³-hybridized carbons (Fsp3) is 0.0690. The van der Waals surface area contributed by atoms with E-state index in [1.807, 2.05) is 23.6 Å². The van der Waals surface area contributed by atoms with Gasteiger partial charge in [-0.1, -0.05) is 23.7 Å². The van der Waals surface area contributed by atoms with Gasteiger partial charge in [-0.15, -0.1) is 11.3 Å². The van der Waals surface area contributed by atoms with Gasteiger partial charge in [-0.25, -0.2) is 4.98 Å². The third-order valence-corrected chi connectivity index (χ3v) is 7.64. The molecule has 0 unspecified atom stereocenters. The minimum Gasteiger partial charge on any atom is -0.460 e. The van der Waals surface area contributed by atoms with Crippen molar-refractivity contribution >= 4 is 44.9 Å². The number of hydrogen-bond donors (Lipinski definition) is 1. The Labute approximate surface area is 224 Å². The van der Waals surface area contributed by atoms with Crippen LogP contribution in [0.2, 0.25) is 5.02 Å². The molecule has 1 N–H and O–H groups in total. The number of benzene rings is 3. The largest absolute Gasteiger partial charge is 0.460 e. The van der Waals surface area contributed by atoms with E-state index in [-0.39, 0.29) is 17.8 Å². The predicted molar refractivity (Wildman–Crippen MR) is 146 cm³/mol. The summed E-state index contributed by atoms with van der Waals surface area (Å²) < 4.78 is 23.0. The van der Waals surface area contributed by atoms with Crippen molar-refractivity contribution in [3.8, 4) is 44.5 Å². The summed E-state index contributed by atoms with van der Waals surface area (Å²) in [6.07, 6.45) is 0. The van der Waals surface area contributed by atoms with Gasteiger partial charge in [-0.2, -0.15) is 0 Å².